The molecule has 0 bridgehead atoms. The summed E-state index contributed by atoms with van der Waals surface area (Å²) in [6.07, 6.45) is 13.7. The first kappa shape index (κ1) is 9.66. The van der Waals surface area contributed by atoms with Crippen molar-refractivity contribution in [2.45, 2.75) is 6.42 Å². The number of rotatable bonds is 0. The van der Waals surface area contributed by atoms with Crippen LogP contribution < -0.4 is 21.1 Å². The van der Waals surface area contributed by atoms with Crippen LogP contribution in [0, 0.1) is 0 Å². The van der Waals surface area contributed by atoms with E-state index in [1.807, 2.05) is 12.3 Å². The summed E-state index contributed by atoms with van der Waals surface area (Å²) < 4.78 is 2.14. The highest BCUT2D eigenvalue weighted by Crippen LogP contribution is 1.99. The molecule has 0 saturated carbocycles. The molecule has 4 rings (SSSR count). The van der Waals surface area contributed by atoms with Gasteiger partial charge in [0.2, 0.25) is 0 Å². The van der Waals surface area contributed by atoms with Gasteiger partial charge >= 0.3 is 0 Å². The van der Waals surface area contributed by atoms with Crippen LogP contribution in [0.2, 0.25) is 0 Å². The molecule has 86 valence electrons. The number of fused-ring (bicyclic) bond motifs is 4. The maximum absolute atomic E-state index is 4.64. The highest BCUT2D eigenvalue weighted by Gasteiger charge is 2.06. The zero-order chi connectivity index (χ0) is 11.9. The van der Waals surface area contributed by atoms with Crippen LogP contribution in [-0.4, -0.2) is 4.57 Å². The van der Waals surface area contributed by atoms with Crippen LogP contribution in [0.25, 0.3) is 18.5 Å². The van der Waals surface area contributed by atoms with E-state index in [9.17, 15) is 0 Å². The quantitative estimate of drug-likeness (QED) is 0.610. The highest BCUT2D eigenvalue weighted by molar-refractivity contribution is 5.46. The summed E-state index contributed by atoms with van der Waals surface area (Å²) in [6, 6.07) is 8.32. The molecule has 1 aliphatic carbocycles. The van der Waals surface area contributed by atoms with Crippen molar-refractivity contribution in [1.29, 1.82) is 0 Å². The largest absolute Gasteiger partial charge is 0.307 e. The van der Waals surface area contributed by atoms with Gasteiger partial charge in [-0.2, -0.15) is 0 Å². The predicted octanol–water partition coefficient (Wildman–Crippen LogP) is 0.0384. The van der Waals surface area contributed by atoms with Crippen LogP contribution in [0.1, 0.15) is 5.56 Å². The highest BCUT2D eigenvalue weighted by atomic mass is 15.0. The molecule has 2 aliphatic rings. The lowest BCUT2D eigenvalue weighted by Crippen LogP contribution is -2.29. The smallest absolute Gasteiger partial charge is 0.144 e. The third kappa shape index (κ3) is 1.32. The summed E-state index contributed by atoms with van der Waals surface area (Å²) in [6.45, 7) is 0. The van der Waals surface area contributed by atoms with Crippen LogP contribution in [0.5, 0.6) is 0 Å². The number of hydrogen-bond donors (Lipinski definition) is 0. The first-order chi connectivity index (χ1) is 8.92. The fraction of sp³-hybridized carbons (Fsp3) is 0.0625. The number of nitrogens with zero attached hydrogens (tertiary/aromatic N) is 2. The van der Waals surface area contributed by atoms with Gasteiger partial charge in [-0.3, -0.25) is 0 Å². The van der Waals surface area contributed by atoms with Gasteiger partial charge in [-0.05, 0) is 17.2 Å². The number of allylic oxidation sites excluding steroid dienone is 2. The fourth-order valence-corrected chi connectivity index (χ4v) is 2.55. The van der Waals surface area contributed by atoms with Gasteiger partial charge in [0, 0.05) is 29.0 Å². The van der Waals surface area contributed by atoms with Gasteiger partial charge in [0.05, 0.1) is 0 Å². The normalized spacial score (nSPS) is 14.9. The van der Waals surface area contributed by atoms with E-state index in [1.54, 1.807) is 0 Å². The molecule has 2 nitrogen and oxygen atoms in total. The molecule has 2 heterocycles. The summed E-state index contributed by atoms with van der Waals surface area (Å²) >= 11 is 0. The number of aromatic nitrogens is 1. The molecule has 0 saturated heterocycles. The minimum atomic E-state index is 0.997. The first-order valence-corrected chi connectivity index (χ1v) is 6.13. The van der Waals surface area contributed by atoms with E-state index < -0.39 is 0 Å². The van der Waals surface area contributed by atoms with Crippen molar-refractivity contribution in [2.24, 2.45) is 4.99 Å². The van der Waals surface area contributed by atoms with E-state index >= 15 is 0 Å². The second kappa shape index (κ2) is 3.57. The SMILES string of the molecule is C1=CCc2cn3c(c2=C1)=NC=c1ccccc1=C3. The molecule has 0 spiro atoms. The second-order valence-electron chi connectivity index (χ2n) is 4.61. The summed E-state index contributed by atoms with van der Waals surface area (Å²) in [4.78, 5) is 4.64. The number of hydrogen-bond acceptors (Lipinski definition) is 1. The van der Waals surface area contributed by atoms with E-state index in [0.29, 0.717) is 0 Å². The van der Waals surface area contributed by atoms with E-state index in [2.05, 4.69) is 58.4 Å². The molecule has 2 heteroatoms. The topological polar surface area (TPSA) is 17.3 Å². The Balaban J connectivity index is 2.17. The molecule has 0 radical (unpaired) electrons. The zero-order valence-electron chi connectivity index (χ0n) is 9.88. The Morgan fingerprint density at radius 3 is 2.94 bits per heavy atom. The Kier molecular flexibility index (Phi) is 1.92. The summed E-state index contributed by atoms with van der Waals surface area (Å²) in [5, 5.41) is 3.62. The maximum Gasteiger partial charge on any atom is 0.144 e. The third-order valence-electron chi connectivity index (χ3n) is 3.46. The summed E-state index contributed by atoms with van der Waals surface area (Å²) in [5.41, 5.74) is 2.38. The lowest BCUT2D eigenvalue weighted by atomic mass is 10.1. The molecule has 0 N–H and O–H groups in total. The Hall–Kier alpha value is -2.35. The molecular formula is C16H12N2. The van der Waals surface area contributed by atoms with Crippen molar-refractivity contribution in [3.8, 4) is 0 Å². The monoisotopic (exact) mass is 232 g/mol. The van der Waals surface area contributed by atoms with Crippen molar-refractivity contribution in [2.75, 3.05) is 0 Å². The average molecular weight is 232 g/mol. The summed E-state index contributed by atoms with van der Waals surface area (Å²) in [5.74, 6) is 0. The molecule has 1 aromatic heterocycles. The molecule has 0 amide bonds. The van der Waals surface area contributed by atoms with Crippen LogP contribution in [0.15, 0.2) is 47.6 Å². The van der Waals surface area contributed by atoms with E-state index in [-0.39, 0.29) is 0 Å². The standard InChI is InChI=1S/C16H12N2/c1-2-6-13-10-18-11-14-7-3-4-8-15(14)16(18)17-9-12(13)5-1/h1-6,8-11H,7H2. The minimum absolute atomic E-state index is 0.997. The molecule has 0 atom stereocenters. The number of benzene rings is 1. The zero-order valence-corrected chi connectivity index (χ0v) is 9.88. The van der Waals surface area contributed by atoms with Crippen molar-refractivity contribution >= 4 is 18.5 Å². The van der Waals surface area contributed by atoms with Gasteiger partial charge in [0.1, 0.15) is 5.49 Å². The Bertz CT molecular complexity index is 896. The van der Waals surface area contributed by atoms with Crippen molar-refractivity contribution < 1.29 is 0 Å². The van der Waals surface area contributed by atoms with E-state index in [0.717, 1.165) is 11.9 Å². The van der Waals surface area contributed by atoms with Crippen molar-refractivity contribution in [1.82, 2.24) is 4.57 Å². The van der Waals surface area contributed by atoms with Gasteiger partial charge in [-0.25, -0.2) is 4.99 Å². The Morgan fingerprint density at radius 2 is 2.00 bits per heavy atom. The lowest BCUT2D eigenvalue weighted by Gasteiger charge is -1.93. The Morgan fingerprint density at radius 1 is 1.11 bits per heavy atom. The van der Waals surface area contributed by atoms with Gasteiger partial charge < -0.3 is 4.57 Å². The van der Waals surface area contributed by atoms with E-state index in [1.165, 1.54) is 21.2 Å². The minimum Gasteiger partial charge on any atom is -0.307 e. The Labute approximate surface area is 104 Å². The van der Waals surface area contributed by atoms with Gasteiger partial charge in [0.15, 0.2) is 0 Å². The maximum atomic E-state index is 4.64. The van der Waals surface area contributed by atoms with Crippen LogP contribution >= 0.6 is 0 Å². The van der Waals surface area contributed by atoms with E-state index in [4.69, 9.17) is 0 Å². The van der Waals surface area contributed by atoms with Gasteiger partial charge in [-0.1, -0.05) is 42.5 Å². The molecule has 1 aliphatic heterocycles. The average Bonchev–Trinajstić information content (AvgIpc) is 2.65. The van der Waals surface area contributed by atoms with Crippen molar-refractivity contribution in [3.05, 3.63) is 69.3 Å². The lowest BCUT2D eigenvalue weighted by molar-refractivity contribution is 1.05. The van der Waals surface area contributed by atoms with Gasteiger partial charge in [-0.15, -0.1) is 0 Å². The molecule has 0 fully saturated rings. The summed E-state index contributed by atoms with van der Waals surface area (Å²) in [7, 11) is 0. The van der Waals surface area contributed by atoms with Crippen LogP contribution in [-0.2, 0) is 6.42 Å². The van der Waals surface area contributed by atoms with Crippen LogP contribution in [0.3, 0.4) is 0 Å². The molecule has 1 aromatic carbocycles. The second-order valence-corrected chi connectivity index (χ2v) is 4.61. The molecular weight excluding hydrogens is 220 g/mol. The fourth-order valence-electron chi connectivity index (χ4n) is 2.55. The van der Waals surface area contributed by atoms with Gasteiger partial charge in [0.25, 0.3) is 0 Å². The predicted molar refractivity (Wildman–Crippen MR) is 72.5 cm³/mol. The molecule has 2 aromatic rings. The first-order valence-electron chi connectivity index (χ1n) is 6.13. The molecule has 0 unspecified atom stereocenters. The van der Waals surface area contributed by atoms with Crippen LogP contribution in [0.4, 0.5) is 0 Å². The third-order valence-corrected chi connectivity index (χ3v) is 3.46. The van der Waals surface area contributed by atoms with Crippen molar-refractivity contribution in [3.63, 3.8) is 0 Å². The molecule has 18 heavy (non-hydrogen) atoms.